The zero-order valence-electron chi connectivity index (χ0n) is 12.7. The van der Waals surface area contributed by atoms with E-state index in [1.165, 1.54) is 0 Å². The minimum absolute atomic E-state index is 0.0299. The highest BCUT2D eigenvalue weighted by molar-refractivity contribution is 5.75. The molecule has 1 aliphatic heterocycles. The number of fused-ring (bicyclic) bond motifs is 1. The maximum absolute atomic E-state index is 12.5. The molecule has 0 saturated carbocycles. The smallest absolute Gasteiger partial charge is 0.318 e. The second-order valence-corrected chi connectivity index (χ2v) is 6.23. The van der Waals surface area contributed by atoms with E-state index >= 15 is 0 Å². The number of likely N-dealkylation sites (tertiary alicyclic amines) is 1. The molecule has 21 heavy (non-hydrogen) atoms. The van der Waals surface area contributed by atoms with E-state index in [-0.39, 0.29) is 17.6 Å². The zero-order valence-corrected chi connectivity index (χ0v) is 12.7. The fourth-order valence-corrected chi connectivity index (χ4v) is 2.97. The molecule has 1 N–H and O–H groups in total. The molecule has 0 aromatic carbocycles. The van der Waals surface area contributed by atoms with Gasteiger partial charge in [0.25, 0.3) is 0 Å². The molecule has 3 heterocycles. The number of hydrogen-bond donors (Lipinski definition) is 1. The number of nitrogens with zero attached hydrogens (tertiary/aromatic N) is 4. The Morgan fingerprint density at radius 3 is 2.90 bits per heavy atom. The summed E-state index contributed by atoms with van der Waals surface area (Å²) in [6.45, 7) is 6.96. The lowest BCUT2D eigenvalue weighted by Gasteiger charge is -2.32. The van der Waals surface area contributed by atoms with Crippen LogP contribution in [0.5, 0.6) is 0 Å². The van der Waals surface area contributed by atoms with Crippen LogP contribution in [-0.4, -0.2) is 37.6 Å². The van der Waals surface area contributed by atoms with Crippen LogP contribution in [-0.2, 0) is 0 Å². The quantitative estimate of drug-likeness (QED) is 0.922. The highest BCUT2D eigenvalue weighted by Gasteiger charge is 2.36. The SMILES string of the molecule is CC(NC(=O)N1CCCC1(C)C)c1nnc2ccccn12. The normalized spacial score (nSPS) is 18.9. The third-order valence-electron chi connectivity index (χ3n) is 4.21. The Kier molecular flexibility index (Phi) is 3.31. The van der Waals surface area contributed by atoms with Crippen LogP contribution in [0.3, 0.4) is 0 Å². The molecule has 0 aliphatic carbocycles. The molecule has 2 aromatic heterocycles. The van der Waals surface area contributed by atoms with Crippen LogP contribution in [0.2, 0.25) is 0 Å². The topological polar surface area (TPSA) is 62.5 Å². The van der Waals surface area contributed by atoms with Gasteiger partial charge in [-0.15, -0.1) is 10.2 Å². The molecule has 0 radical (unpaired) electrons. The minimum atomic E-state index is -0.189. The molecule has 6 heteroatoms. The van der Waals surface area contributed by atoms with E-state index in [0.29, 0.717) is 0 Å². The van der Waals surface area contributed by atoms with Gasteiger partial charge in [0.05, 0.1) is 6.04 Å². The number of pyridine rings is 1. The predicted octanol–water partition coefficient (Wildman–Crippen LogP) is 2.37. The van der Waals surface area contributed by atoms with Crippen LogP contribution in [0.25, 0.3) is 5.65 Å². The Balaban J connectivity index is 1.77. The van der Waals surface area contributed by atoms with Gasteiger partial charge < -0.3 is 10.2 Å². The summed E-state index contributed by atoms with van der Waals surface area (Å²) in [7, 11) is 0. The molecule has 0 bridgehead atoms. The van der Waals surface area contributed by atoms with E-state index in [1.807, 2.05) is 40.6 Å². The summed E-state index contributed by atoms with van der Waals surface area (Å²) in [6, 6.07) is 5.53. The first-order valence-corrected chi connectivity index (χ1v) is 7.37. The number of nitrogens with one attached hydrogen (secondary N) is 1. The summed E-state index contributed by atoms with van der Waals surface area (Å²) in [5.74, 6) is 0.746. The maximum atomic E-state index is 12.5. The summed E-state index contributed by atoms with van der Waals surface area (Å²) in [5, 5.41) is 11.3. The first-order chi connectivity index (χ1) is 9.99. The van der Waals surface area contributed by atoms with E-state index < -0.39 is 0 Å². The molecule has 1 atom stereocenters. The van der Waals surface area contributed by atoms with Crippen molar-refractivity contribution in [2.45, 2.75) is 45.2 Å². The molecule has 3 rings (SSSR count). The lowest BCUT2D eigenvalue weighted by Crippen LogP contribution is -2.48. The highest BCUT2D eigenvalue weighted by atomic mass is 16.2. The Morgan fingerprint density at radius 2 is 2.19 bits per heavy atom. The summed E-state index contributed by atoms with van der Waals surface area (Å²) in [5.41, 5.74) is 0.714. The van der Waals surface area contributed by atoms with Gasteiger partial charge in [-0.3, -0.25) is 4.40 Å². The van der Waals surface area contributed by atoms with E-state index in [4.69, 9.17) is 0 Å². The van der Waals surface area contributed by atoms with Gasteiger partial charge in [-0.1, -0.05) is 6.07 Å². The Morgan fingerprint density at radius 1 is 1.38 bits per heavy atom. The van der Waals surface area contributed by atoms with Crippen LogP contribution in [0.4, 0.5) is 4.79 Å². The Labute approximate surface area is 124 Å². The van der Waals surface area contributed by atoms with E-state index in [9.17, 15) is 4.79 Å². The van der Waals surface area contributed by atoms with Crippen molar-refractivity contribution in [2.24, 2.45) is 0 Å². The lowest BCUT2D eigenvalue weighted by atomic mass is 10.0. The number of carbonyl (C=O) groups is 1. The molecule has 112 valence electrons. The van der Waals surface area contributed by atoms with Gasteiger partial charge in [0, 0.05) is 18.3 Å². The Hall–Kier alpha value is -2.11. The number of hydrogen-bond acceptors (Lipinski definition) is 3. The summed E-state index contributed by atoms with van der Waals surface area (Å²) < 4.78 is 1.90. The number of amides is 2. The van der Waals surface area contributed by atoms with Gasteiger partial charge in [0.15, 0.2) is 11.5 Å². The number of aromatic nitrogens is 3. The summed E-state index contributed by atoms with van der Waals surface area (Å²) in [6.07, 6.45) is 4.01. The molecule has 0 spiro atoms. The van der Waals surface area contributed by atoms with Gasteiger partial charge in [-0.25, -0.2) is 4.79 Å². The van der Waals surface area contributed by atoms with Crippen molar-refractivity contribution in [1.29, 1.82) is 0 Å². The van der Waals surface area contributed by atoms with Crippen molar-refractivity contribution >= 4 is 11.7 Å². The van der Waals surface area contributed by atoms with E-state index in [2.05, 4.69) is 29.4 Å². The molecule has 1 saturated heterocycles. The van der Waals surface area contributed by atoms with Gasteiger partial charge in [-0.05, 0) is 45.7 Å². The van der Waals surface area contributed by atoms with Gasteiger partial charge in [0.1, 0.15) is 0 Å². The van der Waals surface area contributed by atoms with Crippen molar-refractivity contribution in [3.8, 4) is 0 Å². The molecule has 2 aromatic rings. The van der Waals surface area contributed by atoms with Crippen LogP contribution in [0.15, 0.2) is 24.4 Å². The zero-order chi connectivity index (χ0) is 15.0. The molecule has 1 unspecified atom stereocenters. The second-order valence-electron chi connectivity index (χ2n) is 6.23. The van der Waals surface area contributed by atoms with Crippen molar-refractivity contribution in [3.05, 3.63) is 30.2 Å². The molecule has 6 nitrogen and oxygen atoms in total. The van der Waals surface area contributed by atoms with Gasteiger partial charge >= 0.3 is 6.03 Å². The summed E-state index contributed by atoms with van der Waals surface area (Å²) >= 11 is 0. The standard InChI is InChI=1S/C15H21N5O/c1-11(13-18-17-12-7-4-5-9-19(12)13)16-14(21)20-10-6-8-15(20,2)3/h4-5,7,9,11H,6,8,10H2,1-3H3,(H,16,21). The number of rotatable bonds is 2. The summed E-state index contributed by atoms with van der Waals surface area (Å²) in [4.78, 5) is 14.4. The van der Waals surface area contributed by atoms with Crippen LogP contribution in [0, 0.1) is 0 Å². The number of urea groups is 1. The predicted molar refractivity (Wildman–Crippen MR) is 80.0 cm³/mol. The fourth-order valence-electron chi connectivity index (χ4n) is 2.97. The third-order valence-corrected chi connectivity index (χ3v) is 4.21. The van der Waals surface area contributed by atoms with Crippen molar-refractivity contribution in [3.63, 3.8) is 0 Å². The molecule has 2 amide bonds. The molecular weight excluding hydrogens is 266 g/mol. The largest absolute Gasteiger partial charge is 0.328 e. The fraction of sp³-hybridized carbons (Fsp3) is 0.533. The number of carbonyl (C=O) groups excluding carboxylic acids is 1. The molecular formula is C15H21N5O. The molecule has 1 fully saturated rings. The van der Waals surface area contributed by atoms with Crippen LogP contribution in [0.1, 0.15) is 45.5 Å². The Bertz CT molecular complexity index is 663. The minimum Gasteiger partial charge on any atom is -0.328 e. The van der Waals surface area contributed by atoms with E-state index in [0.717, 1.165) is 30.9 Å². The first kappa shape index (κ1) is 13.9. The highest BCUT2D eigenvalue weighted by Crippen LogP contribution is 2.28. The van der Waals surface area contributed by atoms with Crippen molar-refractivity contribution < 1.29 is 4.79 Å². The molecule has 1 aliphatic rings. The van der Waals surface area contributed by atoms with Crippen molar-refractivity contribution in [2.75, 3.05) is 6.54 Å². The van der Waals surface area contributed by atoms with E-state index in [1.54, 1.807) is 0 Å². The van der Waals surface area contributed by atoms with Crippen LogP contribution >= 0.6 is 0 Å². The lowest BCUT2D eigenvalue weighted by molar-refractivity contribution is 0.162. The average molecular weight is 287 g/mol. The van der Waals surface area contributed by atoms with Crippen LogP contribution < -0.4 is 5.32 Å². The third kappa shape index (κ3) is 2.46. The monoisotopic (exact) mass is 287 g/mol. The van der Waals surface area contributed by atoms with Gasteiger partial charge in [-0.2, -0.15) is 0 Å². The average Bonchev–Trinajstić information content (AvgIpc) is 3.01. The first-order valence-electron chi connectivity index (χ1n) is 7.37. The van der Waals surface area contributed by atoms with Gasteiger partial charge in [0.2, 0.25) is 0 Å². The maximum Gasteiger partial charge on any atom is 0.318 e. The van der Waals surface area contributed by atoms with Crippen molar-refractivity contribution in [1.82, 2.24) is 24.8 Å². The second kappa shape index (κ2) is 5.02.